The lowest BCUT2D eigenvalue weighted by atomic mass is 10.3. The summed E-state index contributed by atoms with van der Waals surface area (Å²) in [5.41, 5.74) is 0. The first-order valence-corrected chi connectivity index (χ1v) is 8.97. The quantitative estimate of drug-likeness (QED) is 0.372. The van der Waals surface area contributed by atoms with Crippen molar-refractivity contribution in [3.8, 4) is 0 Å². The first kappa shape index (κ1) is 19.9. The van der Waals surface area contributed by atoms with Crippen molar-refractivity contribution in [2.45, 2.75) is 12.8 Å². The topological polar surface area (TPSA) is 95.0 Å². The molecule has 1 saturated heterocycles. The second kappa shape index (κ2) is 11.2. The van der Waals surface area contributed by atoms with Gasteiger partial charge in [0.25, 0.3) is 0 Å². The molecule has 0 saturated carbocycles. The van der Waals surface area contributed by atoms with Crippen molar-refractivity contribution in [3.05, 3.63) is 18.5 Å². The molecule has 0 unspecified atom stereocenters. The fourth-order valence-electron chi connectivity index (χ4n) is 2.70. The number of hydrogen-bond donors (Lipinski definition) is 2. The van der Waals surface area contributed by atoms with E-state index in [1.54, 1.807) is 32.6 Å². The van der Waals surface area contributed by atoms with Crippen molar-refractivity contribution in [3.63, 3.8) is 0 Å². The summed E-state index contributed by atoms with van der Waals surface area (Å²) in [6.45, 7) is 4.96. The third-order valence-corrected chi connectivity index (χ3v) is 4.14. The molecule has 9 heteroatoms. The van der Waals surface area contributed by atoms with Gasteiger partial charge in [-0.2, -0.15) is 0 Å². The van der Waals surface area contributed by atoms with E-state index in [0.717, 1.165) is 32.0 Å². The van der Waals surface area contributed by atoms with E-state index >= 15 is 0 Å². The molecule has 1 aromatic rings. The largest absolute Gasteiger partial charge is 0.385 e. The molecular weight excluding hydrogens is 334 g/mol. The third kappa shape index (κ3) is 6.47. The maximum absolute atomic E-state index is 12.4. The number of nitrogens with zero attached hydrogens (tertiary/aromatic N) is 5. The number of rotatable bonds is 8. The van der Waals surface area contributed by atoms with Crippen LogP contribution >= 0.6 is 0 Å². The summed E-state index contributed by atoms with van der Waals surface area (Å²) in [4.78, 5) is 29.0. The van der Waals surface area contributed by atoms with E-state index < -0.39 is 0 Å². The predicted molar refractivity (Wildman–Crippen MR) is 101 cm³/mol. The maximum Gasteiger partial charge on any atom is 0.225 e. The van der Waals surface area contributed by atoms with Crippen molar-refractivity contribution >= 4 is 17.8 Å². The second-order valence-corrected chi connectivity index (χ2v) is 5.94. The highest BCUT2D eigenvalue weighted by Gasteiger charge is 2.22. The summed E-state index contributed by atoms with van der Waals surface area (Å²) >= 11 is 0. The Kier molecular flexibility index (Phi) is 8.61. The van der Waals surface area contributed by atoms with E-state index in [2.05, 4.69) is 30.5 Å². The van der Waals surface area contributed by atoms with Crippen LogP contribution in [0, 0.1) is 0 Å². The number of aromatic nitrogens is 2. The summed E-state index contributed by atoms with van der Waals surface area (Å²) in [5, 5.41) is 6.37. The molecule has 0 spiro atoms. The molecule has 0 aromatic carbocycles. The molecular formula is C17H29N7O2. The van der Waals surface area contributed by atoms with Gasteiger partial charge in [0.05, 0.1) is 0 Å². The molecule has 0 bridgehead atoms. The van der Waals surface area contributed by atoms with Crippen LogP contribution < -0.4 is 15.5 Å². The van der Waals surface area contributed by atoms with Gasteiger partial charge in [-0.3, -0.25) is 9.79 Å². The number of carbonyl (C=O) groups excluding carboxylic acids is 1. The average molecular weight is 363 g/mol. The molecule has 2 rings (SSSR count). The molecule has 9 nitrogen and oxygen atoms in total. The van der Waals surface area contributed by atoms with Crippen LogP contribution in [0.1, 0.15) is 12.8 Å². The Morgan fingerprint density at radius 2 is 1.88 bits per heavy atom. The predicted octanol–water partition coefficient (Wildman–Crippen LogP) is -0.283. The number of hydrogen-bond acceptors (Lipinski definition) is 6. The zero-order valence-electron chi connectivity index (χ0n) is 15.6. The van der Waals surface area contributed by atoms with Crippen LogP contribution in [0.2, 0.25) is 0 Å². The van der Waals surface area contributed by atoms with Crippen LogP contribution in [0.15, 0.2) is 23.5 Å². The third-order valence-electron chi connectivity index (χ3n) is 4.14. The van der Waals surface area contributed by atoms with E-state index in [1.165, 1.54) is 0 Å². The van der Waals surface area contributed by atoms with E-state index in [1.807, 2.05) is 4.90 Å². The molecule has 144 valence electrons. The average Bonchev–Trinajstić information content (AvgIpc) is 2.70. The Hall–Kier alpha value is -2.42. The van der Waals surface area contributed by atoms with Gasteiger partial charge < -0.3 is 25.2 Å². The number of guanidine groups is 1. The minimum absolute atomic E-state index is 0.154. The smallest absolute Gasteiger partial charge is 0.225 e. The van der Waals surface area contributed by atoms with Crippen LogP contribution in [0.25, 0.3) is 0 Å². The van der Waals surface area contributed by atoms with Crippen LogP contribution in [0.3, 0.4) is 0 Å². The van der Waals surface area contributed by atoms with Gasteiger partial charge in [0.15, 0.2) is 5.96 Å². The Morgan fingerprint density at radius 1 is 1.19 bits per heavy atom. The highest BCUT2D eigenvalue weighted by atomic mass is 16.5. The summed E-state index contributed by atoms with van der Waals surface area (Å²) in [7, 11) is 3.41. The molecule has 1 amide bonds. The number of piperazine rings is 1. The molecule has 0 radical (unpaired) electrons. The van der Waals surface area contributed by atoms with Gasteiger partial charge >= 0.3 is 0 Å². The molecule has 0 aliphatic carbocycles. The molecule has 0 atom stereocenters. The number of anilines is 1. The SMILES string of the molecule is CN=C(NCCCOC)NCCC(=O)N1CCN(c2ncccn2)CC1. The van der Waals surface area contributed by atoms with Crippen LogP contribution in [-0.2, 0) is 9.53 Å². The number of aliphatic imine (C=N–C) groups is 1. The Bertz CT molecular complexity index is 559. The number of nitrogens with one attached hydrogen (secondary N) is 2. The standard InChI is InChI=1S/C17H29N7O2/c1-18-16(19-8-4-14-26-2)20-9-5-15(25)23-10-12-24(13-11-23)17-21-6-3-7-22-17/h3,6-7H,4-5,8-14H2,1-2H3,(H2,18,19,20). The minimum atomic E-state index is 0.154. The molecule has 1 aliphatic heterocycles. The lowest BCUT2D eigenvalue weighted by Gasteiger charge is -2.34. The van der Waals surface area contributed by atoms with Crippen molar-refractivity contribution in [1.29, 1.82) is 0 Å². The molecule has 2 N–H and O–H groups in total. The van der Waals surface area contributed by atoms with E-state index in [9.17, 15) is 4.79 Å². The lowest BCUT2D eigenvalue weighted by molar-refractivity contribution is -0.131. The summed E-state index contributed by atoms with van der Waals surface area (Å²) in [6, 6.07) is 1.80. The molecule has 1 fully saturated rings. The van der Waals surface area contributed by atoms with E-state index in [4.69, 9.17) is 4.74 Å². The highest BCUT2D eigenvalue weighted by Crippen LogP contribution is 2.10. The first-order valence-electron chi connectivity index (χ1n) is 8.97. The summed E-state index contributed by atoms with van der Waals surface area (Å²) in [5.74, 6) is 1.59. The van der Waals surface area contributed by atoms with Gasteiger partial charge in [-0.25, -0.2) is 9.97 Å². The Balaban J connectivity index is 1.64. The summed E-state index contributed by atoms with van der Waals surface area (Å²) < 4.78 is 5.01. The fraction of sp³-hybridized carbons (Fsp3) is 0.647. The lowest BCUT2D eigenvalue weighted by Crippen LogP contribution is -2.50. The number of carbonyl (C=O) groups is 1. The van der Waals surface area contributed by atoms with Crippen LogP contribution in [0.5, 0.6) is 0 Å². The van der Waals surface area contributed by atoms with Crippen molar-refractivity contribution in [2.24, 2.45) is 4.99 Å². The van der Waals surface area contributed by atoms with Gasteiger partial charge in [0, 0.05) is 78.8 Å². The van der Waals surface area contributed by atoms with E-state index in [0.29, 0.717) is 38.6 Å². The number of methoxy groups -OCH3 is 1. The molecule has 1 aliphatic rings. The fourth-order valence-corrected chi connectivity index (χ4v) is 2.70. The van der Waals surface area contributed by atoms with Gasteiger partial charge in [0.1, 0.15) is 0 Å². The van der Waals surface area contributed by atoms with Crippen molar-refractivity contribution in [2.75, 3.05) is 64.9 Å². The van der Waals surface area contributed by atoms with Crippen molar-refractivity contribution in [1.82, 2.24) is 25.5 Å². The Labute approximate surface area is 154 Å². The van der Waals surface area contributed by atoms with Gasteiger partial charge in [-0.15, -0.1) is 0 Å². The molecule has 26 heavy (non-hydrogen) atoms. The van der Waals surface area contributed by atoms with Crippen LogP contribution in [0.4, 0.5) is 5.95 Å². The number of amides is 1. The Morgan fingerprint density at radius 3 is 2.54 bits per heavy atom. The normalized spacial score (nSPS) is 15.1. The van der Waals surface area contributed by atoms with Gasteiger partial charge in [0.2, 0.25) is 11.9 Å². The van der Waals surface area contributed by atoms with Crippen LogP contribution in [-0.4, -0.2) is 86.8 Å². The second-order valence-electron chi connectivity index (χ2n) is 5.94. The van der Waals surface area contributed by atoms with Gasteiger partial charge in [-0.05, 0) is 12.5 Å². The minimum Gasteiger partial charge on any atom is -0.385 e. The monoisotopic (exact) mass is 363 g/mol. The zero-order valence-corrected chi connectivity index (χ0v) is 15.6. The van der Waals surface area contributed by atoms with Gasteiger partial charge in [-0.1, -0.05) is 0 Å². The molecule has 2 heterocycles. The number of ether oxygens (including phenoxy) is 1. The zero-order chi connectivity index (χ0) is 18.6. The maximum atomic E-state index is 12.4. The summed E-state index contributed by atoms with van der Waals surface area (Å²) in [6.07, 6.45) is 4.83. The van der Waals surface area contributed by atoms with E-state index in [-0.39, 0.29) is 5.91 Å². The van der Waals surface area contributed by atoms with Crippen molar-refractivity contribution < 1.29 is 9.53 Å². The molecule has 1 aromatic heterocycles. The first-order chi connectivity index (χ1) is 12.7. The highest BCUT2D eigenvalue weighted by molar-refractivity contribution is 5.81.